The number of carbonyl (C=O) groups is 2. The zero-order valence-electron chi connectivity index (χ0n) is 42.6. The van der Waals surface area contributed by atoms with Crippen molar-refractivity contribution >= 4 is 11.9 Å². The summed E-state index contributed by atoms with van der Waals surface area (Å²) in [6.07, 6.45) is 62.1. The molecule has 374 valence electrons. The van der Waals surface area contributed by atoms with Crippen molar-refractivity contribution in [2.45, 2.75) is 328 Å². The first-order chi connectivity index (χ1) is 31.0. The molecule has 0 saturated carbocycles. The minimum Gasteiger partial charge on any atom is -0.466 e. The maximum absolute atomic E-state index is 12.4. The average Bonchev–Trinajstić information content (AvgIpc) is 3.28. The van der Waals surface area contributed by atoms with Crippen LogP contribution < -0.4 is 5.32 Å². The van der Waals surface area contributed by atoms with Crippen LogP contribution in [-0.4, -0.2) is 47.4 Å². The van der Waals surface area contributed by atoms with E-state index in [-0.39, 0.29) is 18.5 Å². The molecule has 0 rings (SSSR count). The maximum Gasteiger partial charge on any atom is 0.305 e. The molecule has 6 nitrogen and oxygen atoms in total. The number of carbonyl (C=O) groups excluding carboxylic acids is 2. The van der Waals surface area contributed by atoms with Crippen molar-refractivity contribution < 1.29 is 24.5 Å². The van der Waals surface area contributed by atoms with Gasteiger partial charge in [0.2, 0.25) is 5.91 Å². The summed E-state index contributed by atoms with van der Waals surface area (Å²) in [4.78, 5) is 24.4. The van der Waals surface area contributed by atoms with Crippen LogP contribution in [0.15, 0.2) is 12.2 Å². The molecule has 63 heavy (non-hydrogen) atoms. The molecule has 0 saturated heterocycles. The van der Waals surface area contributed by atoms with E-state index in [1.165, 1.54) is 244 Å². The minimum atomic E-state index is -0.664. The highest BCUT2D eigenvalue weighted by molar-refractivity contribution is 5.76. The Bertz CT molecular complexity index is 939. The van der Waals surface area contributed by atoms with Gasteiger partial charge < -0.3 is 20.3 Å². The zero-order valence-corrected chi connectivity index (χ0v) is 42.6. The first-order valence-electron chi connectivity index (χ1n) is 28.4. The lowest BCUT2D eigenvalue weighted by atomic mass is 10.0. The molecule has 0 aliphatic heterocycles. The fourth-order valence-electron chi connectivity index (χ4n) is 8.93. The van der Waals surface area contributed by atoms with Gasteiger partial charge in [-0.05, 0) is 51.4 Å². The third-order valence-corrected chi connectivity index (χ3v) is 13.3. The predicted molar refractivity (Wildman–Crippen MR) is 273 cm³/mol. The molecule has 2 unspecified atom stereocenters. The van der Waals surface area contributed by atoms with Crippen LogP contribution in [0, 0.1) is 0 Å². The second-order valence-electron chi connectivity index (χ2n) is 19.6. The van der Waals surface area contributed by atoms with Crippen LogP contribution in [0.5, 0.6) is 0 Å². The molecule has 0 aromatic carbocycles. The lowest BCUT2D eigenvalue weighted by molar-refractivity contribution is -0.143. The fraction of sp³-hybridized carbons (Fsp3) is 0.930. The molecule has 0 aliphatic carbocycles. The monoisotopic (exact) mass is 890 g/mol. The number of unbranched alkanes of at least 4 members (excludes halogenated alkanes) is 40. The number of allylic oxidation sites excluding steroid dienone is 2. The van der Waals surface area contributed by atoms with E-state index in [1.807, 2.05) is 0 Å². The second kappa shape index (κ2) is 53.2. The van der Waals surface area contributed by atoms with E-state index < -0.39 is 12.1 Å². The lowest BCUT2D eigenvalue weighted by Crippen LogP contribution is -2.45. The van der Waals surface area contributed by atoms with Gasteiger partial charge in [-0.25, -0.2) is 0 Å². The number of ether oxygens (including phenoxy) is 1. The van der Waals surface area contributed by atoms with Gasteiger partial charge >= 0.3 is 5.97 Å². The Morgan fingerprint density at radius 2 is 0.746 bits per heavy atom. The smallest absolute Gasteiger partial charge is 0.305 e. The number of aliphatic hydroxyl groups excluding tert-OH is 2. The number of amides is 1. The highest BCUT2D eigenvalue weighted by Gasteiger charge is 2.20. The van der Waals surface area contributed by atoms with Crippen molar-refractivity contribution in [1.82, 2.24) is 5.32 Å². The van der Waals surface area contributed by atoms with E-state index in [2.05, 4.69) is 31.3 Å². The van der Waals surface area contributed by atoms with Crippen LogP contribution in [0.3, 0.4) is 0 Å². The summed E-state index contributed by atoms with van der Waals surface area (Å²) in [7, 11) is 0. The number of rotatable bonds is 53. The van der Waals surface area contributed by atoms with Crippen molar-refractivity contribution in [2.24, 2.45) is 0 Å². The Hall–Kier alpha value is -1.40. The summed E-state index contributed by atoms with van der Waals surface area (Å²) < 4.78 is 5.46. The third kappa shape index (κ3) is 49.9. The Morgan fingerprint density at radius 1 is 0.429 bits per heavy atom. The summed E-state index contributed by atoms with van der Waals surface area (Å²) in [5.74, 6) is -0.0272. The molecule has 2 atom stereocenters. The normalized spacial score (nSPS) is 12.6. The molecule has 0 radical (unpaired) electrons. The molecule has 0 heterocycles. The lowest BCUT2D eigenvalue weighted by Gasteiger charge is -2.22. The molecular weight excluding hydrogens is 779 g/mol. The third-order valence-electron chi connectivity index (χ3n) is 13.3. The summed E-state index contributed by atoms with van der Waals surface area (Å²) in [6, 6.07) is -0.542. The van der Waals surface area contributed by atoms with E-state index >= 15 is 0 Å². The van der Waals surface area contributed by atoms with Crippen LogP contribution in [0.2, 0.25) is 0 Å². The Balaban J connectivity index is 3.38. The molecule has 0 fully saturated rings. The summed E-state index contributed by atoms with van der Waals surface area (Å²) in [6.45, 7) is 4.95. The van der Waals surface area contributed by atoms with Crippen LogP contribution >= 0.6 is 0 Å². The van der Waals surface area contributed by atoms with E-state index in [0.717, 1.165) is 38.5 Å². The predicted octanol–water partition coefficient (Wildman–Crippen LogP) is 17.3. The van der Waals surface area contributed by atoms with Gasteiger partial charge in [-0.1, -0.05) is 264 Å². The summed E-state index contributed by atoms with van der Waals surface area (Å²) in [5.41, 5.74) is 0. The Labute approximate surface area is 393 Å². The number of nitrogens with one attached hydrogen (secondary N) is 1. The highest BCUT2D eigenvalue weighted by atomic mass is 16.5. The van der Waals surface area contributed by atoms with Crippen LogP contribution in [-0.2, 0) is 14.3 Å². The van der Waals surface area contributed by atoms with Crippen molar-refractivity contribution in [2.75, 3.05) is 13.2 Å². The molecule has 3 N–H and O–H groups in total. The SMILES string of the molecule is CCCCCCCCCCCCCC(=O)OCCCCCCCCCCCCCC/C=C\CCCCCCCCCCC(=O)NC(CO)C(O)CCCCCCCCCCCCC. The molecule has 0 bridgehead atoms. The van der Waals surface area contributed by atoms with Gasteiger partial charge in [0, 0.05) is 12.8 Å². The van der Waals surface area contributed by atoms with Crippen LogP contribution in [0.25, 0.3) is 0 Å². The summed E-state index contributed by atoms with van der Waals surface area (Å²) >= 11 is 0. The van der Waals surface area contributed by atoms with E-state index in [4.69, 9.17) is 4.74 Å². The molecule has 0 aromatic heterocycles. The average molecular weight is 891 g/mol. The quantitative estimate of drug-likeness (QED) is 0.0321. The number of hydrogen-bond acceptors (Lipinski definition) is 5. The van der Waals surface area contributed by atoms with Gasteiger partial charge in [0.15, 0.2) is 0 Å². The van der Waals surface area contributed by atoms with Crippen molar-refractivity contribution in [1.29, 1.82) is 0 Å². The van der Waals surface area contributed by atoms with E-state index in [1.54, 1.807) is 0 Å². The topological polar surface area (TPSA) is 95.9 Å². The molecule has 1 amide bonds. The number of aliphatic hydroxyl groups is 2. The minimum absolute atomic E-state index is 0.0124. The van der Waals surface area contributed by atoms with E-state index in [0.29, 0.717) is 25.9 Å². The fourth-order valence-corrected chi connectivity index (χ4v) is 8.93. The molecule has 0 aliphatic rings. The molecule has 6 heteroatoms. The molecular formula is C57H111NO5. The first-order valence-corrected chi connectivity index (χ1v) is 28.4. The number of hydrogen-bond donors (Lipinski definition) is 3. The van der Waals surface area contributed by atoms with Gasteiger partial charge in [0.25, 0.3) is 0 Å². The molecule has 0 aromatic rings. The van der Waals surface area contributed by atoms with Crippen LogP contribution in [0.1, 0.15) is 316 Å². The van der Waals surface area contributed by atoms with Gasteiger partial charge in [-0.2, -0.15) is 0 Å². The van der Waals surface area contributed by atoms with Crippen molar-refractivity contribution in [3.63, 3.8) is 0 Å². The number of esters is 1. The van der Waals surface area contributed by atoms with Gasteiger partial charge in [-0.15, -0.1) is 0 Å². The molecule has 0 spiro atoms. The van der Waals surface area contributed by atoms with Crippen molar-refractivity contribution in [3.8, 4) is 0 Å². The Kier molecular flexibility index (Phi) is 52.0. The van der Waals surface area contributed by atoms with Gasteiger partial charge in [0.05, 0.1) is 25.4 Å². The summed E-state index contributed by atoms with van der Waals surface area (Å²) in [5, 5.41) is 23.2. The van der Waals surface area contributed by atoms with Crippen molar-refractivity contribution in [3.05, 3.63) is 12.2 Å². The highest BCUT2D eigenvalue weighted by Crippen LogP contribution is 2.17. The standard InChI is InChI=1S/C57H111NO5/c1-3-5-7-9-11-13-29-33-37-41-45-49-55(60)54(53-59)58-56(61)50-46-42-38-34-31-27-25-23-21-19-17-15-16-18-20-22-24-26-28-32-36-40-44-48-52-63-57(62)51-47-43-39-35-30-14-12-10-8-6-4-2/h17,19,54-55,59-60H,3-16,18,20-53H2,1-2H3,(H,58,61)/b19-17-. The van der Waals surface area contributed by atoms with E-state index in [9.17, 15) is 19.8 Å². The Morgan fingerprint density at radius 3 is 1.13 bits per heavy atom. The second-order valence-corrected chi connectivity index (χ2v) is 19.6. The maximum atomic E-state index is 12.4. The van der Waals surface area contributed by atoms with Crippen LogP contribution in [0.4, 0.5) is 0 Å². The largest absolute Gasteiger partial charge is 0.466 e. The zero-order chi connectivity index (χ0) is 45.8. The van der Waals surface area contributed by atoms with Gasteiger partial charge in [-0.3, -0.25) is 9.59 Å². The van der Waals surface area contributed by atoms with Gasteiger partial charge in [0.1, 0.15) is 0 Å². The first kappa shape index (κ1) is 61.6.